The first-order valence-electron chi connectivity index (χ1n) is 14.0. The summed E-state index contributed by atoms with van der Waals surface area (Å²) >= 11 is 0. The maximum absolute atomic E-state index is 12.3. The maximum atomic E-state index is 12.3. The molecule has 0 bridgehead atoms. The molecule has 8 heteroatoms. The SMILES string of the molecule is COC(=O)c1cccc(-n2nc(-c3ccc(-c4ccc(N5CCCC5)cc4)cc3)nc2-c2ccc3nccnc3c2)c1. The molecule has 0 unspecified atom stereocenters. The summed E-state index contributed by atoms with van der Waals surface area (Å²) in [5, 5.41) is 4.90. The molecule has 7 rings (SSSR count). The van der Waals surface area contributed by atoms with Crippen LogP contribution in [0.1, 0.15) is 23.2 Å². The number of hydrogen-bond acceptors (Lipinski definition) is 7. The van der Waals surface area contributed by atoms with E-state index in [0.29, 0.717) is 22.9 Å². The third kappa shape index (κ3) is 4.88. The van der Waals surface area contributed by atoms with Crippen molar-refractivity contribution in [1.29, 1.82) is 0 Å². The van der Waals surface area contributed by atoms with Gasteiger partial charge in [0.05, 0.1) is 29.4 Å². The molecule has 4 aromatic carbocycles. The van der Waals surface area contributed by atoms with Gasteiger partial charge in [0.2, 0.25) is 0 Å². The van der Waals surface area contributed by atoms with Gasteiger partial charge < -0.3 is 9.64 Å². The molecular weight excluding hydrogens is 524 g/mol. The van der Waals surface area contributed by atoms with Crippen LogP contribution in [0.4, 0.5) is 5.69 Å². The van der Waals surface area contributed by atoms with Crippen molar-refractivity contribution in [3.05, 3.63) is 109 Å². The molecule has 0 atom stereocenters. The van der Waals surface area contributed by atoms with Crippen molar-refractivity contribution >= 4 is 22.7 Å². The van der Waals surface area contributed by atoms with Crippen LogP contribution in [0.25, 0.3) is 50.6 Å². The number of carbonyl (C=O) groups excluding carboxylic acids is 1. The Balaban J connectivity index is 1.26. The molecule has 0 N–H and O–H groups in total. The largest absolute Gasteiger partial charge is 0.465 e. The van der Waals surface area contributed by atoms with Gasteiger partial charge in [0.1, 0.15) is 0 Å². The van der Waals surface area contributed by atoms with Gasteiger partial charge in [-0.25, -0.2) is 14.5 Å². The Kier molecular flexibility index (Phi) is 6.64. The summed E-state index contributed by atoms with van der Waals surface area (Å²) in [6, 6.07) is 30.1. The van der Waals surface area contributed by atoms with Crippen LogP contribution in [0.15, 0.2) is 103 Å². The Morgan fingerprint density at radius 2 is 1.38 bits per heavy atom. The first-order chi connectivity index (χ1) is 20.7. The molecule has 1 aliphatic heterocycles. The second kappa shape index (κ2) is 10.9. The Labute approximate surface area is 243 Å². The molecule has 0 spiro atoms. The van der Waals surface area contributed by atoms with Crippen molar-refractivity contribution in [2.45, 2.75) is 12.8 Å². The van der Waals surface area contributed by atoms with E-state index in [9.17, 15) is 4.79 Å². The van der Waals surface area contributed by atoms with Crippen molar-refractivity contribution in [2.75, 3.05) is 25.1 Å². The van der Waals surface area contributed by atoms with E-state index < -0.39 is 5.97 Å². The van der Waals surface area contributed by atoms with Gasteiger partial charge in [-0.05, 0) is 72.5 Å². The lowest BCUT2D eigenvalue weighted by Gasteiger charge is -2.17. The van der Waals surface area contributed by atoms with E-state index in [0.717, 1.165) is 40.8 Å². The number of fused-ring (bicyclic) bond motifs is 1. The second-order valence-electron chi connectivity index (χ2n) is 10.3. The number of esters is 1. The zero-order valence-electron chi connectivity index (χ0n) is 23.1. The first-order valence-corrected chi connectivity index (χ1v) is 14.0. The van der Waals surface area contributed by atoms with Crippen LogP contribution in [-0.4, -0.2) is 50.9 Å². The molecule has 0 amide bonds. The number of nitrogens with zero attached hydrogens (tertiary/aromatic N) is 6. The van der Waals surface area contributed by atoms with Gasteiger partial charge in [-0.3, -0.25) is 9.97 Å². The van der Waals surface area contributed by atoms with E-state index >= 15 is 0 Å². The average Bonchev–Trinajstić information content (AvgIpc) is 3.76. The number of hydrogen-bond donors (Lipinski definition) is 0. The highest BCUT2D eigenvalue weighted by molar-refractivity contribution is 5.90. The minimum atomic E-state index is -0.413. The molecule has 42 heavy (non-hydrogen) atoms. The summed E-state index contributed by atoms with van der Waals surface area (Å²) in [5.41, 5.74) is 7.98. The summed E-state index contributed by atoms with van der Waals surface area (Å²) in [7, 11) is 1.37. The molecule has 2 aromatic heterocycles. The first kappa shape index (κ1) is 25.6. The summed E-state index contributed by atoms with van der Waals surface area (Å²) in [6.07, 6.45) is 5.87. The van der Waals surface area contributed by atoms with Crippen LogP contribution in [0.2, 0.25) is 0 Å². The highest BCUT2D eigenvalue weighted by Gasteiger charge is 2.18. The molecule has 1 fully saturated rings. The Bertz CT molecular complexity index is 1890. The lowest BCUT2D eigenvalue weighted by molar-refractivity contribution is 0.0600. The van der Waals surface area contributed by atoms with Gasteiger partial charge in [0.15, 0.2) is 11.6 Å². The fourth-order valence-electron chi connectivity index (χ4n) is 5.44. The minimum absolute atomic E-state index is 0.413. The molecule has 0 aliphatic carbocycles. The van der Waals surface area contributed by atoms with Crippen LogP contribution in [0, 0.1) is 0 Å². The highest BCUT2D eigenvalue weighted by Crippen LogP contribution is 2.30. The third-order valence-electron chi connectivity index (χ3n) is 7.66. The minimum Gasteiger partial charge on any atom is -0.465 e. The highest BCUT2D eigenvalue weighted by atomic mass is 16.5. The predicted octanol–water partition coefficient (Wildman–Crippen LogP) is 6.60. The summed E-state index contributed by atoms with van der Waals surface area (Å²) < 4.78 is 6.70. The number of methoxy groups -OCH3 is 1. The van der Waals surface area contributed by atoms with Crippen molar-refractivity contribution in [1.82, 2.24) is 24.7 Å². The van der Waals surface area contributed by atoms with E-state index in [1.165, 1.54) is 31.2 Å². The summed E-state index contributed by atoms with van der Waals surface area (Å²) in [4.78, 5) is 28.5. The second-order valence-corrected chi connectivity index (χ2v) is 10.3. The van der Waals surface area contributed by atoms with E-state index in [1.54, 1.807) is 29.2 Å². The van der Waals surface area contributed by atoms with Gasteiger partial charge >= 0.3 is 5.97 Å². The Morgan fingerprint density at radius 1 is 0.714 bits per heavy atom. The van der Waals surface area contributed by atoms with E-state index in [1.807, 2.05) is 42.5 Å². The van der Waals surface area contributed by atoms with Crippen LogP contribution < -0.4 is 4.90 Å². The van der Waals surface area contributed by atoms with Crippen molar-refractivity contribution in [3.63, 3.8) is 0 Å². The zero-order chi connectivity index (χ0) is 28.5. The van der Waals surface area contributed by atoms with Gasteiger partial charge in [0.25, 0.3) is 0 Å². The van der Waals surface area contributed by atoms with Crippen LogP contribution in [0.3, 0.4) is 0 Å². The predicted molar refractivity (Wildman–Crippen MR) is 164 cm³/mol. The van der Waals surface area contributed by atoms with E-state index in [-0.39, 0.29) is 0 Å². The molecule has 8 nitrogen and oxygen atoms in total. The summed E-state index contributed by atoms with van der Waals surface area (Å²) in [5.74, 6) is 0.786. The average molecular weight is 553 g/mol. The van der Waals surface area contributed by atoms with Crippen molar-refractivity contribution in [3.8, 4) is 39.6 Å². The monoisotopic (exact) mass is 552 g/mol. The fraction of sp³-hybridized carbons (Fsp3) is 0.147. The van der Waals surface area contributed by atoms with Crippen LogP contribution in [0.5, 0.6) is 0 Å². The standard InChI is InChI=1S/C34H28N6O2/c1-42-34(41)27-5-4-6-29(21-27)40-33(26-13-16-30-31(22-26)36-18-17-35-30)37-32(38-40)25-9-7-23(8-10-25)24-11-14-28(15-12-24)39-19-2-3-20-39/h4-18,21-22H,2-3,19-20H2,1H3. The summed E-state index contributed by atoms with van der Waals surface area (Å²) in [6.45, 7) is 2.27. The van der Waals surface area contributed by atoms with Gasteiger partial charge in [-0.15, -0.1) is 5.10 Å². The van der Waals surface area contributed by atoms with Crippen LogP contribution in [-0.2, 0) is 4.74 Å². The number of anilines is 1. The quantitative estimate of drug-likeness (QED) is 0.215. The number of rotatable bonds is 6. The van der Waals surface area contributed by atoms with E-state index in [2.05, 4.69) is 51.3 Å². The fourth-order valence-corrected chi connectivity index (χ4v) is 5.44. The number of benzene rings is 4. The van der Waals surface area contributed by atoms with E-state index in [4.69, 9.17) is 14.8 Å². The van der Waals surface area contributed by atoms with Gasteiger partial charge in [-0.2, -0.15) is 0 Å². The smallest absolute Gasteiger partial charge is 0.337 e. The lowest BCUT2D eigenvalue weighted by atomic mass is 10.0. The number of aromatic nitrogens is 5. The van der Waals surface area contributed by atoms with Crippen molar-refractivity contribution < 1.29 is 9.53 Å². The molecule has 0 saturated carbocycles. The maximum Gasteiger partial charge on any atom is 0.337 e. The number of ether oxygens (including phenoxy) is 1. The Morgan fingerprint density at radius 3 is 2.12 bits per heavy atom. The lowest BCUT2D eigenvalue weighted by Crippen LogP contribution is -2.17. The topological polar surface area (TPSA) is 86.0 Å². The third-order valence-corrected chi connectivity index (χ3v) is 7.66. The molecule has 206 valence electrons. The Hall–Kier alpha value is -5.37. The normalized spacial score (nSPS) is 13.0. The molecule has 1 saturated heterocycles. The molecule has 1 aliphatic rings. The molecule has 0 radical (unpaired) electrons. The number of carbonyl (C=O) groups is 1. The molecule has 6 aromatic rings. The van der Waals surface area contributed by atoms with Crippen molar-refractivity contribution in [2.24, 2.45) is 0 Å². The van der Waals surface area contributed by atoms with Crippen LogP contribution >= 0.6 is 0 Å². The molecular formula is C34H28N6O2. The zero-order valence-corrected chi connectivity index (χ0v) is 23.1. The van der Waals surface area contributed by atoms with Gasteiger partial charge in [-0.1, -0.05) is 42.5 Å². The molecule has 3 heterocycles. The van der Waals surface area contributed by atoms with Gasteiger partial charge in [0, 0.05) is 42.3 Å².